The van der Waals surface area contributed by atoms with Gasteiger partial charge in [-0.15, -0.1) is 11.3 Å². The van der Waals surface area contributed by atoms with E-state index in [1.165, 1.54) is 22.7 Å². The second-order valence-electron chi connectivity index (χ2n) is 4.97. The normalized spacial score (nSPS) is 22.7. The van der Waals surface area contributed by atoms with Crippen LogP contribution in [0.4, 0.5) is 0 Å². The summed E-state index contributed by atoms with van der Waals surface area (Å²) in [6.45, 7) is 4.58. The number of rotatable bonds is 3. The van der Waals surface area contributed by atoms with E-state index in [4.69, 9.17) is 4.98 Å². The summed E-state index contributed by atoms with van der Waals surface area (Å²) in [5.74, 6) is 0. The van der Waals surface area contributed by atoms with E-state index in [1.54, 1.807) is 0 Å². The number of hydrogen-bond donors (Lipinski definition) is 1. The number of para-hydroxylation sites is 1. The minimum atomic E-state index is 0.431. The molecule has 0 amide bonds. The molecule has 4 heteroatoms. The molecule has 3 rings (SSSR count). The Morgan fingerprint density at radius 1 is 1.44 bits per heavy atom. The molecule has 2 unspecified atom stereocenters. The standard InChI is InChI=1S/C14H19N3S/c1-10(17-8-7-11(9-17)15-2)14-16-12-5-3-4-6-13(12)18-14/h3-6,10-11,15H,7-9H2,1-2H3. The lowest BCUT2D eigenvalue weighted by atomic mass is 10.3. The van der Waals surface area contributed by atoms with Crippen LogP contribution in [-0.2, 0) is 0 Å². The zero-order valence-corrected chi connectivity index (χ0v) is 11.7. The van der Waals surface area contributed by atoms with Crippen LogP contribution in [0.5, 0.6) is 0 Å². The predicted molar refractivity (Wildman–Crippen MR) is 77.1 cm³/mol. The molecule has 1 aliphatic heterocycles. The third-order valence-corrected chi connectivity index (χ3v) is 5.05. The molecule has 0 bridgehead atoms. The molecule has 0 saturated carbocycles. The van der Waals surface area contributed by atoms with Crippen LogP contribution in [0.25, 0.3) is 10.2 Å². The van der Waals surface area contributed by atoms with Gasteiger partial charge >= 0.3 is 0 Å². The molecule has 3 nitrogen and oxygen atoms in total. The van der Waals surface area contributed by atoms with Gasteiger partial charge in [0, 0.05) is 19.1 Å². The molecule has 96 valence electrons. The minimum Gasteiger partial charge on any atom is -0.316 e. The van der Waals surface area contributed by atoms with Crippen molar-refractivity contribution < 1.29 is 0 Å². The predicted octanol–water partition coefficient (Wildman–Crippen LogP) is 2.65. The third-order valence-electron chi connectivity index (χ3n) is 3.84. The molecule has 0 spiro atoms. The van der Waals surface area contributed by atoms with Crippen molar-refractivity contribution in [2.45, 2.75) is 25.4 Å². The van der Waals surface area contributed by atoms with Crippen LogP contribution in [0, 0.1) is 0 Å². The zero-order chi connectivity index (χ0) is 12.5. The van der Waals surface area contributed by atoms with Gasteiger partial charge < -0.3 is 5.32 Å². The minimum absolute atomic E-state index is 0.431. The van der Waals surface area contributed by atoms with Crippen LogP contribution >= 0.6 is 11.3 Å². The molecule has 0 aliphatic carbocycles. The van der Waals surface area contributed by atoms with Crippen molar-refractivity contribution >= 4 is 21.6 Å². The molecular weight excluding hydrogens is 242 g/mol. The fourth-order valence-corrected chi connectivity index (χ4v) is 3.65. The number of aromatic nitrogens is 1. The Balaban J connectivity index is 1.81. The average Bonchev–Trinajstić information content (AvgIpc) is 3.04. The highest BCUT2D eigenvalue weighted by molar-refractivity contribution is 7.18. The van der Waals surface area contributed by atoms with Gasteiger partial charge in [-0.2, -0.15) is 0 Å². The number of nitrogens with zero attached hydrogens (tertiary/aromatic N) is 2. The van der Waals surface area contributed by atoms with E-state index in [1.807, 2.05) is 11.3 Å². The van der Waals surface area contributed by atoms with Crippen LogP contribution < -0.4 is 5.32 Å². The van der Waals surface area contributed by atoms with E-state index in [0.29, 0.717) is 12.1 Å². The van der Waals surface area contributed by atoms with Gasteiger partial charge in [-0.1, -0.05) is 12.1 Å². The maximum Gasteiger partial charge on any atom is 0.111 e. The van der Waals surface area contributed by atoms with Crippen LogP contribution in [-0.4, -0.2) is 36.1 Å². The van der Waals surface area contributed by atoms with Crippen LogP contribution in [0.3, 0.4) is 0 Å². The lowest BCUT2D eigenvalue weighted by molar-refractivity contribution is 0.256. The van der Waals surface area contributed by atoms with Gasteiger partial charge in [0.25, 0.3) is 0 Å². The summed E-state index contributed by atoms with van der Waals surface area (Å²) in [7, 11) is 2.05. The first kappa shape index (κ1) is 12.1. The summed E-state index contributed by atoms with van der Waals surface area (Å²) in [5, 5.41) is 4.61. The monoisotopic (exact) mass is 261 g/mol. The summed E-state index contributed by atoms with van der Waals surface area (Å²) in [5.41, 5.74) is 1.13. The largest absolute Gasteiger partial charge is 0.316 e. The van der Waals surface area contributed by atoms with E-state index in [0.717, 1.165) is 12.1 Å². The van der Waals surface area contributed by atoms with Gasteiger partial charge in [-0.3, -0.25) is 4.90 Å². The number of nitrogens with one attached hydrogen (secondary N) is 1. The number of hydrogen-bond acceptors (Lipinski definition) is 4. The van der Waals surface area contributed by atoms with Gasteiger partial charge in [0.05, 0.1) is 16.3 Å². The summed E-state index contributed by atoms with van der Waals surface area (Å²) in [4.78, 5) is 7.29. The number of likely N-dealkylation sites (tertiary alicyclic amines) is 1. The molecule has 0 radical (unpaired) electrons. The molecule has 2 heterocycles. The molecule has 1 aliphatic rings. The van der Waals surface area contributed by atoms with Crippen LogP contribution in [0.1, 0.15) is 24.4 Å². The Bertz CT molecular complexity index is 504. The molecule has 1 saturated heterocycles. The van der Waals surface area contributed by atoms with Crippen molar-refractivity contribution in [3.63, 3.8) is 0 Å². The Hall–Kier alpha value is -0.970. The Kier molecular flexibility index (Phi) is 3.33. The first-order chi connectivity index (χ1) is 8.78. The van der Waals surface area contributed by atoms with Gasteiger partial charge in [-0.05, 0) is 32.5 Å². The van der Waals surface area contributed by atoms with Gasteiger partial charge in [-0.25, -0.2) is 4.98 Å². The van der Waals surface area contributed by atoms with Crippen molar-refractivity contribution in [3.05, 3.63) is 29.3 Å². The third kappa shape index (κ3) is 2.16. The molecule has 18 heavy (non-hydrogen) atoms. The van der Waals surface area contributed by atoms with Gasteiger partial charge in [0.15, 0.2) is 0 Å². The van der Waals surface area contributed by atoms with Crippen molar-refractivity contribution in [3.8, 4) is 0 Å². The summed E-state index contributed by atoms with van der Waals surface area (Å²) >= 11 is 1.83. The molecular formula is C14H19N3S. The maximum atomic E-state index is 4.76. The lowest BCUT2D eigenvalue weighted by Crippen LogP contribution is -2.31. The van der Waals surface area contributed by atoms with E-state index >= 15 is 0 Å². The topological polar surface area (TPSA) is 28.2 Å². The van der Waals surface area contributed by atoms with Crippen molar-refractivity contribution in [2.24, 2.45) is 0 Å². The smallest absolute Gasteiger partial charge is 0.111 e. The van der Waals surface area contributed by atoms with Gasteiger partial charge in [0.2, 0.25) is 0 Å². The van der Waals surface area contributed by atoms with E-state index < -0.39 is 0 Å². The van der Waals surface area contributed by atoms with E-state index in [-0.39, 0.29) is 0 Å². The Morgan fingerprint density at radius 2 is 2.28 bits per heavy atom. The molecule has 1 N–H and O–H groups in total. The van der Waals surface area contributed by atoms with Crippen molar-refractivity contribution in [1.82, 2.24) is 15.2 Å². The van der Waals surface area contributed by atoms with Crippen molar-refractivity contribution in [2.75, 3.05) is 20.1 Å². The summed E-state index contributed by atoms with van der Waals surface area (Å²) in [6.07, 6.45) is 1.24. The second kappa shape index (κ2) is 4.96. The maximum absolute atomic E-state index is 4.76. The number of likely N-dealkylation sites (N-methyl/N-ethyl adjacent to an activating group) is 1. The molecule has 1 fully saturated rings. The highest BCUT2D eigenvalue weighted by Crippen LogP contribution is 2.31. The molecule has 1 aromatic heterocycles. The van der Waals surface area contributed by atoms with E-state index in [2.05, 4.69) is 48.5 Å². The Morgan fingerprint density at radius 3 is 3.00 bits per heavy atom. The van der Waals surface area contributed by atoms with Gasteiger partial charge in [0.1, 0.15) is 5.01 Å². The quantitative estimate of drug-likeness (QED) is 0.920. The van der Waals surface area contributed by atoms with Crippen LogP contribution in [0.2, 0.25) is 0 Å². The zero-order valence-electron chi connectivity index (χ0n) is 10.9. The molecule has 2 aromatic rings. The van der Waals surface area contributed by atoms with Crippen LogP contribution in [0.15, 0.2) is 24.3 Å². The highest BCUT2D eigenvalue weighted by Gasteiger charge is 2.27. The highest BCUT2D eigenvalue weighted by atomic mass is 32.1. The fraction of sp³-hybridized carbons (Fsp3) is 0.500. The average molecular weight is 261 g/mol. The SMILES string of the molecule is CNC1CCN(C(C)c2nc3ccccc3s2)C1. The number of thiazole rings is 1. The number of benzene rings is 1. The number of fused-ring (bicyclic) bond motifs is 1. The molecule has 2 atom stereocenters. The molecule has 1 aromatic carbocycles. The fourth-order valence-electron chi connectivity index (χ4n) is 2.60. The lowest BCUT2D eigenvalue weighted by Gasteiger charge is -2.22. The first-order valence-electron chi connectivity index (χ1n) is 6.54. The summed E-state index contributed by atoms with van der Waals surface area (Å²) in [6, 6.07) is 9.47. The first-order valence-corrected chi connectivity index (χ1v) is 7.36. The Labute approximate surface area is 112 Å². The second-order valence-corrected chi connectivity index (χ2v) is 6.03. The summed E-state index contributed by atoms with van der Waals surface area (Å²) < 4.78 is 1.30. The van der Waals surface area contributed by atoms with Crippen molar-refractivity contribution in [1.29, 1.82) is 0 Å². The van der Waals surface area contributed by atoms with E-state index in [9.17, 15) is 0 Å².